The molecule has 2 saturated heterocycles. The number of likely N-dealkylation sites (N-methyl/N-ethyl adjacent to an activating group) is 1. The van der Waals surface area contributed by atoms with E-state index in [2.05, 4.69) is 29.7 Å². The molecule has 0 aromatic heterocycles. The van der Waals surface area contributed by atoms with Crippen molar-refractivity contribution >= 4 is 17.7 Å². The maximum atomic E-state index is 13.6. The van der Waals surface area contributed by atoms with Crippen LogP contribution >= 0.6 is 0 Å². The first kappa shape index (κ1) is 24.2. The van der Waals surface area contributed by atoms with Crippen LogP contribution in [0.25, 0.3) is 0 Å². The summed E-state index contributed by atoms with van der Waals surface area (Å²) in [7, 11) is 1.72. The lowest BCUT2D eigenvalue weighted by atomic mass is 9.85. The minimum absolute atomic E-state index is 0.0484. The molecule has 7 heteroatoms. The van der Waals surface area contributed by atoms with Gasteiger partial charge in [-0.3, -0.25) is 14.4 Å². The fraction of sp³-hybridized carbons (Fsp3) is 0.640. The molecule has 3 amide bonds. The lowest BCUT2D eigenvalue weighted by molar-refractivity contribution is -0.149. The molecule has 1 aromatic rings. The zero-order valence-corrected chi connectivity index (χ0v) is 20.0. The van der Waals surface area contributed by atoms with Gasteiger partial charge in [0.05, 0.1) is 6.04 Å². The molecule has 2 aliphatic rings. The molecular weight excluding hydrogens is 404 g/mol. The molecule has 0 radical (unpaired) electrons. The van der Waals surface area contributed by atoms with Crippen LogP contribution in [0.3, 0.4) is 0 Å². The molecule has 176 valence electrons. The molecule has 2 fully saturated rings. The Hall–Kier alpha value is -2.41. The molecule has 2 N–H and O–H groups in total. The molecule has 7 nitrogen and oxygen atoms in total. The maximum absolute atomic E-state index is 13.6. The van der Waals surface area contributed by atoms with Crippen LogP contribution in [0.5, 0.6) is 0 Å². The number of rotatable bonds is 8. The van der Waals surface area contributed by atoms with Crippen molar-refractivity contribution in [3.05, 3.63) is 35.9 Å². The van der Waals surface area contributed by atoms with Crippen LogP contribution < -0.4 is 10.6 Å². The van der Waals surface area contributed by atoms with Crippen LogP contribution in [-0.2, 0) is 20.8 Å². The number of fused-ring (bicyclic) bond motifs is 1. The average Bonchev–Trinajstić information content (AvgIpc) is 3.13. The highest BCUT2D eigenvalue weighted by Crippen LogP contribution is 2.37. The first-order valence-electron chi connectivity index (χ1n) is 11.8. The first-order chi connectivity index (χ1) is 15.2. The van der Waals surface area contributed by atoms with Gasteiger partial charge in [-0.05, 0) is 50.1 Å². The van der Waals surface area contributed by atoms with E-state index in [0.29, 0.717) is 13.1 Å². The van der Waals surface area contributed by atoms with Gasteiger partial charge in [-0.2, -0.15) is 0 Å². The first-order valence-corrected chi connectivity index (χ1v) is 11.8. The van der Waals surface area contributed by atoms with E-state index in [1.807, 2.05) is 36.9 Å². The smallest absolute Gasteiger partial charge is 0.246 e. The molecule has 0 unspecified atom stereocenters. The standard InChI is InChI=1S/C25H38N4O3/c1-16(2)21(27-23(30)18(4)26-5)24(31)29-15-17(3)20-12-14-28(25(32)22(20)29)13-11-19-9-7-6-8-10-19/h6-10,16-18,20-22,26H,11-15H2,1-5H3,(H,27,30)/t17-,18+,20+,21-,22-/m0/s1. The zero-order chi connectivity index (χ0) is 23.4. The molecule has 0 bridgehead atoms. The van der Waals surface area contributed by atoms with Gasteiger partial charge < -0.3 is 20.4 Å². The molecule has 0 spiro atoms. The molecule has 0 saturated carbocycles. The number of nitrogens with one attached hydrogen (secondary N) is 2. The van der Waals surface area contributed by atoms with Crippen molar-refractivity contribution in [2.24, 2.45) is 17.8 Å². The second-order valence-corrected chi connectivity index (χ2v) is 9.67. The lowest BCUT2D eigenvalue weighted by Gasteiger charge is -2.39. The van der Waals surface area contributed by atoms with Crippen LogP contribution in [0.15, 0.2) is 30.3 Å². The Labute approximate surface area is 191 Å². The Bertz CT molecular complexity index is 813. The van der Waals surface area contributed by atoms with Gasteiger partial charge in [0.25, 0.3) is 0 Å². The summed E-state index contributed by atoms with van der Waals surface area (Å²) in [5.41, 5.74) is 1.20. The van der Waals surface area contributed by atoms with Gasteiger partial charge in [-0.1, -0.05) is 51.1 Å². The minimum Gasteiger partial charge on any atom is -0.343 e. The summed E-state index contributed by atoms with van der Waals surface area (Å²) in [6, 6.07) is 8.71. The molecule has 1 aromatic carbocycles. The van der Waals surface area contributed by atoms with Crippen molar-refractivity contribution < 1.29 is 14.4 Å². The average molecular weight is 443 g/mol. The van der Waals surface area contributed by atoms with E-state index in [9.17, 15) is 14.4 Å². The monoisotopic (exact) mass is 442 g/mol. The lowest BCUT2D eigenvalue weighted by Crippen LogP contribution is -2.59. The second kappa shape index (κ2) is 10.5. The fourth-order valence-electron chi connectivity index (χ4n) is 4.92. The second-order valence-electron chi connectivity index (χ2n) is 9.67. The third kappa shape index (κ3) is 5.14. The van der Waals surface area contributed by atoms with Crippen molar-refractivity contribution in [1.29, 1.82) is 0 Å². The normalized spacial score (nSPS) is 24.9. The summed E-state index contributed by atoms with van der Waals surface area (Å²) in [6.07, 6.45) is 1.71. The third-order valence-electron chi connectivity index (χ3n) is 7.11. The van der Waals surface area contributed by atoms with E-state index in [1.165, 1.54) is 5.56 Å². The number of benzene rings is 1. The largest absolute Gasteiger partial charge is 0.343 e. The van der Waals surface area contributed by atoms with Crippen molar-refractivity contribution in [2.75, 3.05) is 26.7 Å². The fourth-order valence-corrected chi connectivity index (χ4v) is 4.92. The van der Waals surface area contributed by atoms with E-state index in [-0.39, 0.29) is 41.5 Å². The summed E-state index contributed by atoms with van der Waals surface area (Å²) in [6.45, 7) is 9.71. The number of likely N-dealkylation sites (tertiary alicyclic amines) is 2. The van der Waals surface area contributed by atoms with E-state index >= 15 is 0 Å². The molecule has 32 heavy (non-hydrogen) atoms. The summed E-state index contributed by atoms with van der Waals surface area (Å²) in [5, 5.41) is 5.82. The van der Waals surface area contributed by atoms with Crippen molar-refractivity contribution in [2.45, 2.75) is 58.7 Å². The van der Waals surface area contributed by atoms with Crippen molar-refractivity contribution in [1.82, 2.24) is 20.4 Å². The molecule has 0 aliphatic carbocycles. The number of piperidine rings is 1. The number of hydrogen-bond donors (Lipinski definition) is 2. The van der Waals surface area contributed by atoms with Gasteiger partial charge in [0.1, 0.15) is 12.1 Å². The van der Waals surface area contributed by atoms with Gasteiger partial charge in [0.2, 0.25) is 17.7 Å². The van der Waals surface area contributed by atoms with Crippen LogP contribution in [-0.4, -0.2) is 72.3 Å². The minimum atomic E-state index is -0.642. The Balaban J connectivity index is 1.73. The highest BCUT2D eigenvalue weighted by atomic mass is 16.2. The predicted molar refractivity (Wildman–Crippen MR) is 125 cm³/mol. The number of hydrogen-bond acceptors (Lipinski definition) is 4. The summed E-state index contributed by atoms with van der Waals surface area (Å²) < 4.78 is 0. The Kier molecular flexibility index (Phi) is 7.93. The van der Waals surface area contributed by atoms with Crippen LogP contribution in [0.2, 0.25) is 0 Å². The van der Waals surface area contributed by atoms with Crippen LogP contribution in [0, 0.1) is 17.8 Å². The number of carbonyl (C=O) groups is 3. The Morgan fingerprint density at radius 2 is 1.84 bits per heavy atom. The molecule has 3 rings (SSSR count). The Morgan fingerprint density at radius 1 is 1.16 bits per heavy atom. The van der Waals surface area contributed by atoms with E-state index in [1.54, 1.807) is 18.9 Å². The summed E-state index contributed by atoms with van der Waals surface area (Å²) in [4.78, 5) is 43.2. The molecular formula is C25H38N4O3. The van der Waals surface area contributed by atoms with Gasteiger partial charge in [0, 0.05) is 19.6 Å². The van der Waals surface area contributed by atoms with E-state index < -0.39 is 12.1 Å². The van der Waals surface area contributed by atoms with Crippen LogP contribution in [0.1, 0.15) is 39.7 Å². The van der Waals surface area contributed by atoms with E-state index in [4.69, 9.17) is 0 Å². The summed E-state index contributed by atoms with van der Waals surface area (Å²) in [5.74, 6) is 0.0743. The highest BCUT2D eigenvalue weighted by Gasteiger charge is 2.50. The number of carbonyl (C=O) groups excluding carboxylic acids is 3. The molecule has 5 atom stereocenters. The van der Waals surface area contributed by atoms with Crippen molar-refractivity contribution in [3.8, 4) is 0 Å². The summed E-state index contributed by atoms with van der Waals surface area (Å²) >= 11 is 0. The zero-order valence-electron chi connectivity index (χ0n) is 20.0. The maximum Gasteiger partial charge on any atom is 0.246 e. The topological polar surface area (TPSA) is 81.8 Å². The molecule has 2 aliphatic heterocycles. The van der Waals surface area contributed by atoms with E-state index in [0.717, 1.165) is 19.4 Å². The van der Waals surface area contributed by atoms with Gasteiger partial charge >= 0.3 is 0 Å². The van der Waals surface area contributed by atoms with Gasteiger partial charge in [0.15, 0.2) is 0 Å². The third-order valence-corrected chi connectivity index (χ3v) is 7.11. The number of amides is 3. The predicted octanol–water partition coefficient (Wildman–Crippen LogP) is 1.67. The van der Waals surface area contributed by atoms with Crippen LogP contribution in [0.4, 0.5) is 0 Å². The van der Waals surface area contributed by atoms with Gasteiger partial charge in [-0.15, -0.1) is 0 Å². The SMILES string of the molecule is CN[C@H](C)C(=O)N[C@H](C(=O)N1C[C@H](C)[C@H]2CCN(CCc3ccccc3)C(=O)[C@H]21)C(C)C. The Morgan fingerprint density at radius 3 is 2.47 bits per heavy atom. The quantitative estimate of drug-likeness (QED) is 0.642. The van der Waals surface area contributed by atoms with Gasteiger partial charge in [-0.25, -0.2) is 0 Å². The molecule has 2 heterocycles. The highest BCUT2D eigenvalue weighted by molar-refractivity contribution is 5.94. The number of nitrogens with zero attached hydrogens (tertiary/aromatic N) is 2. The van der Waals surface area contributed by atoms with Crippen molar-refractivity contribution in [3.63, 3.8) is 0 Å².